The van der Waals surface area contributed by atoms with E-state index in [0.29, 0.717) is 11.4 Å². The van der Waals surface area contributed by atoms with Gasteiger partial charge in [0.1, 0.15) is 5.75 Å². The monoisotopic (exact) mass is 416 g/mol. The van der Waals surface area contributed by atoms with Gasteiger partial charge in [-0.25, -0.2) is 0 Å². The lowest BCUT2D eigenvalue weighted by Crippen LogP contribution is -2.25. The van der Waals surface area contributed by atoms with Crippen LogP contribution in [-0.2, 0) is 4.79 Å². The van der Waals surface area contributed by atoms with Crippen molar-refractivity contribution in [3.8, 4) is 5.75 Å². The van der Waals surface area contributed by atoms with E-state index < -0.39 is 0 Å². The van der Waals surface area contributed by atoms with Gasteiger partial charge in [0, 0.05) is 17.0 Å². The van der Waals surface area contributed by atoms with Crippen LogP contribution in [-0.4, -0.2) is 17.4 Å². The number of carbonyl (C=O) groups excluding carboxylic acids is 1. The third-order valence-electron chi connectivity index (χ3n) is 5.09. The maximum absolute atomic E-state index is 11.7. The van der Waals surface area contributed by atoms with Crippen LogP contribution >= 0.6 is 11.8 Å². The summed E-state index contributed by atoms with van der Waals surface area (Å²) in [5.41, 5.74) is 4.59. The number of rotatable bonds is 3. The van der Waals surface area contributed by atoms with E-state index in [1.54, 1.807) is 23.9 Å². The summed E-state index contributed by atoms with van der Waals surface area (Å²) in [4.78, 5) is 23.8. The van der Waals surface area contributed by atoms with E-state index in [-0.39, 0.29) is 28.4 Å². The van der Waals surface area contributed by atoms with Gasteiger partial charge >= 0.3 is 0 Å². The standard InChI is InChI=1S/C23H16N2O4S/c26-22-13-29-20-9-8-14(12-19(20)24-22)18-11-15-4-1-2-7-21(15)30-23(18)16-5-3-6-17(10-16)25(27)28/h1-12,23H,13H2,(H,24,26). The predicted octanol–water partition coefficient (Wildman–Crippen LogP) is 5.31. The Balaban J connectivity index is 1.64. The van der Waals surface area contributed by atoms with Crippen molar-refractivity contribution in [3.63, 3.8) is 0 Å². The highest BCUT2D eigenvalue weighted by Gasteiger charge is 2.27. The molecule has 0 fully saturated rings. The molecule has 7 heteroatoms. The zero-order chi connectivity index (χ0) is 20.7. The lowest BCUT2D eigenvalue weighted by Gasteiger charge is -2.27. The number of nitrogens with zero attached hydrogens (tertiary/aromatic N) is 1. The SMILES string of the molecule is O=C1COc2ccc(C3=Cc4ccccc4SC3c3cccc([N+](=O)[O-])c3)cc2N1. The van der Waals surface area contributed by atoms with Crippen LogP contribution in [0.1, 0.15) is 21.9 Å². The number of anilines is 1. The van der Waals surface area contributed by atoms with Crippen LogP contribution in [0.5, 0.6) is 5.75 Å². The van der Waals surface area contributed by atoms with Gasteiger partial charge in [-0.2, -0.15) is 0 Å². The molecule has 148 valence electrons. The van der Waals surface area contributed by atoms with Gasteiger partial charge in [-0.3, -0.25) is 14.9 Å². The largest absolute Gasteiger partial charge is 0.482 e. The molecule has 1 N–H and O–H groups in total. The van der Waals surface area contributed by atoms with E-state index in [1.807, 2.05) is 36.4 Å². The molecule has 5 rings (SSSR count). The van der Waals surface area contributed by atoms with Gasteiger partial charge in [-0.1, -0.05) is 36.4 Å². The van der Waals surface area contributed by atoms with Gasteiger partial charge in [-0.15, -0.1) is 11.8 Å². The number of nitro benzene ring substituents is 1. The number of carbonyl (C=O) groups is 1. The first-order valence-corrected chi connectivity index (χ1v) is 10.3. The Kier molecular flexibility index (Phi) is 4.52. The minimum absolute atomic E-state index is 0.00851. The van der Waals surface area contributed by atoms with Crippen molar-refractivity contribution in [1.29, 1.82) is 0 Å². The zero-order valence-electron chi connectivity index (χ0n) is 15.7. The summed E-state index contributed by atoms with van der Waals surface area (Å²) in [5.74, 6) is 0.446. The number of non-ortho nitro benzene ring substituents is 1. The summed E-state index contributed by atoms with van der Waals surface area (Å²) >= 11 is 1.66. The number of thioether (sulfide) groups is 1. The molecule has 1 amide bonds. The van der Waals surface area contributed by atoms with Crippen molar-refractivity contribution in [1.82, 2.24) is 0 Å². The summed E-state index contributed by atoms with van der Waals surface area (Å²) in [6.07, 6.45) is 2.11. The molecule has 0 radical (unpaired) electrons. The van der Waals surface area contributed by atoms with Crippen molar-refractivity contribution >= 4 is 40.7 Å². The van der Waals surface area contributed by atoms with Gasteiger partial charge in [0.05, 0.1) is 15.9 Å². The van der Waals surface area contributed by atoms with Gasteiger partial charge in [0.25, 0.3) is 11.6 Å². The molecule has 0 aliphatic carbocycles. The van der Waals surface area contributed by atoms with Crippen LogP contribution in [0.3, 0.4) is 0 Å². The van der Waals surface area contributed by atoms with Crippen molar-refractivity contribution in [2.24, 2.45) is 0 Å². The van der Waals surface area contributed by atoms with Crippen molar-refractivity contribution in [2.75, 3.05) is 11.9 Å². The lowest BCUT2D eigenvalue weighted by atomic mass is 9.94. The number of fused-ring (bicyclic) bond motifs is 2. The van der Waals surface area contributed by atoms with Gasteiger partial charge in [0.2, 0.25) is 0 Å². The fourth-order valence-electron chi connectivity index (χ4n) is 3.69. The number of benzene rings is 3. The summed E-state index contributed by atoms with van der Waals surface area (Å²) in [5, 5.41) is 14.0. The van der Waals surface area contributed by atoms with Crippen LogP contribution in [0.15, 0.2) is 71.6 Å². The summed E-state index contributed by atoms with van der Waals surface area (Å²) in [6.45, 7) is 0.00851. The van der Waals surface area contributed by atoms with E-state index in [0.717, 1.165) is 27.2 Å². The summed E-state index contributed by atoms with van der Waals surface area (Å²) < 4.78 is 5.48. The van der Waals surface area contributed by atoms with Crippen molar-refractivity contribution in [2.45, 2.75) is 10.1 Å². The first-order chi connectivity index (χ1) is 14.6. The smallest absolute Gasteiger partial charge is 0.269 e. The first kappa shape index (κ1) is 18.4. The Labute approximate surface area is 176 Å². The van der Waals surface area contributed by atoms with E-state index in [2.05, 4.69) is 23.5 Å². The van der Waals surface area contributed by atoms with Gasteiger partial charge in [0.15, 0.2) is 6.61 Å². The molecule has 0 bridgehead atoms. The Hall–Kier alpha value is -3.58. The number of amides is 1. The molecular formula is C23H16N2O4S. The summed E-state index contributed by atoms with van der Waals surface area (Å²) in [6, 6.07) is 20.5. The van der Waals surface area contributed by atoms with Gasteiger partial charge < -0.3 is 10.1 Å². The second-order valence-corrected chi connectivity index (χ2v) is 8.18. The fourth-order valence-corrected chi connectivity index (χ4v) is 4.98. The second-order valence-electron chi connectivity index (χ2n) is 7.04. The molecule has 1 unspecified atom stereocenters. The molecule has 0 saturated carbocycles. The minimum atomic E-state index is -0.375. The second kappa shape index (κ2) is 7.35. The average Bonchev–Trinajstić information content (AvgIpc) is 2.77. The molecule has 0 aromatic heterocycles. The van der Waals surface area contributed by atoms with E-state index in [9.17, 15) is 14.9 Å². The molecular weight excluding hydrogens is 400 g/mol. The normalized spacial score (nSPS) is 17.1. The zero-order valence-corrected chi connectivity index (χ0v) is 16.5. The van der Waals surface area contributed by atoms with Crippen LogP contribution < -0.4 is 10.1 Å². The summed E-state index contributed by atoms with van der Waals surface area (Å²) in [7, 11) is 0. The molecule has 3 aromatic rings. The molecule has 6 nitrogen and oxygen atoms in total. The average molecular weight is 416 g/mol. The van der Waals surface area contributed by atoms with E-state index >= 15 is 0 Å². The Morgan fingerprint density at radius 2 is 1.93 bits per heavy atom. The maximum Gasteiger partial charge on any atom is 0.269 e. The van der Waals surface area contributed by atoms with Crippen LogP contribution in [0.2, 0.25) is 0 Å². The molecule has 2 aliphatic heterocycles. The predicted molar refractivity (Wildman–Crippen MR) is 117 cm³/mol. The Morgan fingerprint density at radius 1 is 1.07 bits per heavy atom. The highest BCUT2D eigenvalue weighted by Crippen LogP contribution is 2.51. The fraction of sp³-hybridized carbons (Fsp3) is 0.0870. The topological polar surface area (TPSA) is 81.5 Å². The number of nitro groups is 1. The first-order valence-electron chi connectivity index (χ1n) is 9.37. The van der Waals surface area contributed by atoms with Crippen LogP contribution in [0.25, 0.3) is 11.6 Å². The molecule has 2 heterocycles. The Morgan fingerprint density at radius 3 is 2.80 bits per heavy atom. The quantitative estimate of drug-likeness (QED) is 0.462. The molecule has 1 atom stereocenters. The van der Waals surface area contributed by atoms with E-state index in [1.165, 1.54) is 6.07 Å². The molecule has 3 aromatic carbocycles. The van der Waals surface area contributed by atoms with Crippen molar-refractivity contribution in [3.05, 3.63) is 93.5 Å². The molecule has 0 spiro atoms. The third-order valence-corrected chi connectivity index (χ3v) is 6.47. The highest BCUT2D eigenvalue weighted by atomic mass is 32.2. The van der Waals surface area contributed by atoms with Crippen LogP contribution in [0, 0.1) is 10.1 Å². The molecule has 30 heavy (non-hydrogen) atoms. The molecule has 0 saturated heterocycles. The highest BCUT2D eigenvalue weighted by molar-refractivity contribution is 8.00. The Bertz CT molecular complexity index is 1220. The van der Waals surface area contributed by atoms with Crippen LogP contribution in [0.4, 0.5) is 11.4 Å². The maximum atomic E-state index is 11.7. The lowest BCUT2D eigenvalue weighted by molar-refractivity contribution is -0.384. The number of ether oxygens (including phenoxy) is 1. The number of hydrogen-bond acceptors (Lipinski definition) is 5. The molecule has 2 aliphatic rings. The van der Waals surface area contributed by atoms with E-state index in [4.69, 9.17) is 4.74 Å². The number of nitrogens with one attached hydrogen (secondary N) is 1. The van der Waals surface area contributed by atoms with Gasteiger partial charge in [-0.05, 0) is 46.5 Å². The van der Waals surface area contributed by atoms with Crippen molar-refractivity contribution < 1.29 is 14.5 Å². The minimum Gasteiger partial charge on any atom is -0.482 e. The number of hydrogen-bond donors (Lipinski definition) is 1. The third kappa shape index (κ3) is 3.33.